The highest BCUT2D eigenvalue weighted by molar-refractivity contribution is 5.92. The molecule has 132 valence electrons. The van der Waals surface area contributed by atoms with Gasteiger partial charge in [-0.1, -0.05) is 13.8 Å². The van der Waals surface area contributed by atoms with Gasteiger partial charge in [0, 0.05) is 33.0 Å². The van der Waals surface area contributed by atoms with Crippen molar-refractivity contribution in [3.63, 3.8) is 0 Å². The van der Waals surface area contributed by atoms with Crippen LogP contribution in [0.4, 0.5) is 0 Å². The molecule has 0 bridgehead atoms. The lowest BCUT2D eigenvalue weighted by Crippen LogP contribution is -2.37. The Hall–Kier alpha value is -1.40. The number of carbonyl (C=O) groups excluding carboxylic acids is 1. The smallest absolute Gasteiger partial charge is 0.274 e. The molecule has 0 aromatic carbocycles. The molecule has 23 heavy (non-hydrogen) atoms. The number of methoxy groups -OCH3 is 2. The number of aromatic nitrogens is 2. The maximum Gasteiger partial charge on any atom is 0.274 e. The van der Waals surface area contributed by atoms with Crippen LogP contribution in [0.15, 0.2) is 6.07 Å². The Morgan fingerprint density at radius 2 is 1.74 bits per heavy atom. The molecule has 0 aliphatic heterocycles. The molecule has 1 amide bonds. The van der Waals surface area contributed by atoms with Crippen LogP contribution in [-0.2, 0) is 15.0 Å². The molecule has 0 saturated heterocycles. The molecular weight excluding hydrogens is 294 g/mol. The minimum absolute atomic E-state index is 0.0796. The van der Waals surface area contributed by atoms with Crippen LogP contribution in [0.5, 0.6) is 0 Å². The molecule has 0 radical (unpaired) electrons. The Labute approximate surface area is 139 Å². The average Bonchev–Trinajstić information content (AvgIpc) is 2.92. The van der Waals surface area contributed by atoms with E-state index in [1.54, 1.807) is 19.1 Å². The fourth-order valence-corrected chi connectivity index (χ4v) is 2.33. The van der Waals surface area contributed by atoms with Gasteiger partial charge in [0.2, 0.25) is 0 Å². The molecule has 0 spiro atoms. The zero-order valence-electron chi connectivity index (χ0n) is 15.5. The zero-order chi connectivity index (χ0) is 17.6. The molecule has 0 N–H and O–H groups in total. The predicted molar refractivity (Wildman–Crippen MR) is 91.0 cm³/mol. The van der Waals surface area contributed by atoms with E-state index < -0.39 is 0 Å². The van der Waals surface area contributed by atoms with Crippen molar-refractivity contribution in [3.05, 3.63) is 17.5 Å². The fraction of sp³-hybridized carbons (Fsp3) is 0.765. The lowest BCUT2D eigenvalue weighted by molar-refractivity contribution is 0.0620. The van der Waals surface area contributed by atoms with Crippen LogP contribution < -0.4 is 0 Å². The van der Waals surface area contributed by atoms with Crippen LogP contribution in [0.3, 0.4) is 0 Å². The lowest BCUT2D eigenvalue weighted by atomic mass is 10.1. The van der Waals surface area contributed by atoms with Gasteiger partial charge in [-0.05, 0) is 32.8 Å². The summed E-state index contributed by atoms with van der Waals surface area (Å²) in [5.41, 5.74) is 1.39. The second kappa shape index (κ2) is 8.45. The van der Waals surface area contributed by atoms with Crippen molar-refractivity contribution in [2.45, 2.75) is 46.1 Å². The van der Waals surface area contributed by atoms with Crippen LogP contribution >= 0.6 is 0 Å². The molecule has 0 unspecified atom stereocenters. The Morgan fingerprint density at radius 1 is 1.22 bits per heavy atom. The van der Waals surface area contributed by atoms with E-state index in [0.29, 0.717) is 37.9 Å². The van der Waals surface area contributed by atoms with E-state index in [1.165, 1.54) is 0 Å². The normalized spacial score (nSPS) is 12.0. The highest BCUT2D eigenvalue weighted by Crippen LogP contribution is 2.24. The number of nitrogens with zero attached hydrogens (tertiary/aromatic N) is 3. The molecule has 0 aliphatic carbocycles. The zero-order valence-corrected chi connectivity index (χ0v) is 15.5. The first kappa shape index (κ1) is 19.6. The first-order valence-corrected chi connectivity index (χ1v) is 8.10. The van der Waals surface area contributed by atoms with E-state index in [9.17, 15) is 4.79 Å². The van der Waals surface area contributed by atoms with Gasteiger partial charge in [0.05, 0.1) is 18.8 Å². The van der Waals surface area contributed by atoms with E-state index in [2.05, 4.69) is 39.7 Å². The molecule has 0 fully saturated rings. The van der Waals surface area contributed by atoms with Crippen molar-refractivity contribution >= 4 is 5.91 Å². The van der Waals surface area contributed by atoms with Crippen LogP contribution in [-0.4, -0.2) is 61.1 Å². The van der Waals surface area contributed by atoms with Gasteiger partial charge in [0.15, 0.2) is 5.69 Å². The van der Waals surface area contributed by atoms with Crippen molar-refractivity contribution < 1.29 is 14.3 Å². The van der Waals surface area contributed by atoms with Crippen molar-refractivity contribution in [1.82, 2.24) is 14.7 Å². The highest BCUT2D eigenvalue weighted by atomic mass is 16.5. The number of hydrogen-bond donors (Lipinski definition) is 0. The van der Waals surface area contributed by atoms with E-state index in [-0.39, 0.29) is 11.4 Å². The molecule has 1 aromatic rings. The van der Waals surface area contributed by atoms with Gasteiger partial charge in [-0.25, -0.2) is 0 Å². The van der Waals surface area contributed by atoms with E-state index in [1.807, 2.05) is 10.7 Å². The number of amides is 1. The number of carbonyl (C=O) groups is 1. The quantitative estimate of drug-likeness (QED) is 0.737. The van der Waals surface area contributed by atoms with Gasteiger partial charge in [-0.15, -0.1) is 0 Å². The predicted octanol–water partition coefficient (Wildman–Crippen LogP) is 2.50. The molecule has 0 saturated carbocycles. The Kier molecular flexibility index (Phi) is 7.22. The van der Waals surface area contributed by atoms with Crippen LogP contribution in [0.25, 0.3) is 0 Å². The summed E-state index contributed by atoms with van der Waals surface area (Å²) in [5, 5.41) is 4.58. The van der Waals surface area contributed by atoms with Gasteiger partial charge in [-0.2, -0.15) is 5.10 Å². The third-order valence-electron chi connectivity index (χ3n) is 3.60. The Bertz CT molecular complexity index is 496. The SMILES string of the molecule is COCCN(CCOC)C(=O)c1cc(C(C)C)n(C(C)(C)C)n1. The highest BCUT2D eigenvalue weighted by Gasteiger charge is 2.25. The second-order valence-electron chi connectivity index (χ2n) is 6.97. The van der Waals surface area contributed by atoms with Crippen molar-refractivity contribution in [2.24, 2.45) is 0 Å². The molecule has 6 nitrogen and oxygen atoms in total. The molecule has 6 heteroatoms. The number of hydrogen-bond acceptors (Lipinski definition) is 4. The van der Waals surface area contributed by atoms with Gasteiger partial charge in [0.1, 0.15) is 0 Å². The maximum atomic E-state index is 12.8. The molecule has 0 aliphatic rings. The van der Waals surface area contributed by atoms with E-state index >= 15 is 0 Å². The molecule has 1 aromatic heterocycles. The largest absolute Gasteiger partial charge is 0.383 e. The Morgan fingerprint density at radius 3 is 2.09 bits per heavy atom. The van der Waals surface area contributed by atoms with Gasteiger partial charge >= 0.3 is 0 Å². The summed E-state index contributed by atoms with van der Waals surface area (Å²) < 4.78 is 12.2. The molecule has 0 atom stereocenters. The summed E-state index contributed by atoms with van der Waals surface area (Å²) in [7, 11) is 3.26. The van der Waals surface area contributed by atoms with Crippen molar-refractivity contribution in [2.75, 3.05) is 40.5 Å². The minimum atomic E-state index is -0.165. The van der Waals surface area contributed by atoms with Crippen molar-refractivity contribution in [1.29, 1.82) is 0 Å². The first-order valence-electron chi connectivity index (χ1n) is 8.10. The monoisotopic (exact) mass is 325 g/mol. The minimum Gasteiger partial charge on any atom is -0.383 e. The van der Waals surface area contributed by atoms with Gasteiger partial charge in [-0.3, -0.25) is 9.48 Å². The lowest BCUT2D eigenvalue weighted by Gasteiger charge is -2.24. The summed E-state index contributed by atoms with van der Waals surface area (Å²) in [4.78, 5) is 14.5. The standard InChI is InChI=1S/C17H31N3O3/c1-13(2)15-12-14(18-20(15)17(3,4)5)16(21)19(8-10-22-6)9-11-23-7/h12-13H,8-11H2,1-7H3. The second-order valence-corrected chi connectivity index (χ2v) is 6.97. The summed E-state index contributed by atoms with van der Waals surface area (Å²) >= 11 is 0. The van der Waals surface area contributed by atoms with Crippen molar-refractivity contribution in [3.8, 4) is 0 Å². The number of rotatable bonds is 8. The van der Waals surface area contributed by atoms with Crippen LogP contribution in [0.1, 0.15) is 56.7 Å². The maximum absolute atomic E-state index is 12.8. The average molecular weight is 325 g/mol. The van der Waals surface area contributed by atoms with Crippen LogP contribution in [0, 0.1) is 0 Å². The van der Waals surface area contributed by atoms with E-state index in [4.69, 9.17) is 9.47 Å². The summed E-state index contributed by atoms with van der Waals surface area (Å²) in [5.74, 6) is 0.221. The summed E-state index contributed by atoms with van der Waals surface area (Å²) in [6.45, 7) is 12.5. The number of ether oxygens (including phenoxy) is 2. The molecule has 1 rings (SSSR count). The fourth-order valence-electron chi connectivity index (χ4n) is 2.33. The summed E-state index contributed by atoms with van der Waals surface area (Å²) in [6, 6.07) is 1.91. The molecular formula is C17H31N3O3. The van der Waals surface area contributed by atoms with Gasteiger partial charge < -0.3 is 14.4 Å². The molecule has 1 heterocycles. The van der Waals surface area contributed by atoms with E-state index in [0.717, 1.165) is 5.69 Å². The topological polar surface area (TPSA) is 56.6 Å². The van der Waals surface area contributed by atoms with Crippen LogP contribution in [0.2, 0.25) is 0 Å². The third-order valence-corrected chi connectivity index (χ3v) is 3.60. The van der Waals surface area contributed by atoms with Gasteiger partial charge in [0.25, 0.3) is 5.91 Å². The first-order chi connectivity index (χ1) is 10.7. The summed E-state index contributed by atoms with van der Waals surface area (Å²) in [6.07, 6.45) is 0. The third kappa shape index (κ3) is 5.32. The Balaban J connectivity index is 3.08.